The third-order valence-electron chi connectivity index (χ3n) is 5.43. The van der Waals surface area contributed by atoms with E-state index in [9.17, 15) is 13.6 Å². The first-order valence-electron chi connectivity index (χ1n) is 6.79. The highest BCUT2D eigenvalue weighted by Gasteiger charge is 2.73. The highest BCUT2D eigenvalue weighted by atomic mass is 19.3. The van der Waals surface area contributed by atoms with Crippen molar-refractivity contribution in [2.75, 3.05) is 0 Å². The third-order valence-corrected chi connectivity index (χ3v) is 5.43. The van der Waals surface area contributed by atoms with E-state index in [1.54, 1.807) is 0 Å². The van der Waals surface area contributed by atoms with Crippen molar-refractivity contribution in [1.82, 2.24) is 0 Å². The lowest BCUT2D eigenvalue weighted by atomic mass is 9.32. The summed E-state index contributed by atoms with van der Waals surface area (Å²) in [5.41, 5.74) is 1.63. The Balaban J connectivity index is 1.85. The molecule has 0 N–H and O–H groups in total. The molecule has 0 unspecified atom stereocenters. The molecule has 3 heteroatoms. The highest BCUT2D eigenvalue weighted by Crippen LogP contribution is 2.79. The lowest BCUT2D eigenvalue weighted by Crippen LogP contribution is -2.66. The number of carbonyl (C=O) groups is 1. The van der Waals surface area contributed by atoms with Crippen LogP contribution in [0.2, 0.25) is 0 Å². The van der Waals surface area contributed by atoms with Gasteiger partial charge in [-0.1, -0.05) is 19.4 Å². The van der Waals surface area contributed by atoms with Crippen LogP contribution in [0, 0.1) is 16.2 Å². The smallest absolute Gasteiger partial charge is 0.244 e. The van der Waals surface area contributed by atoms with Gasteiger partial charge in [-0.2, -0.15) is 0 Å². The van der Waals surface area contributed by atoms with Crippen molar-refractivity contribution >= 4 is 6.29 Å². The summed E-state index contributed by atoms with van der Waals surface area (Å²) < 4.78 is 25.8. The zero-order valence-corrected chi connectivity index (χ0v) is 11.1. The summed E-state index contributed by atoms with van der Waals surface area (Å²) in [4.78, 5) is 11.2. The summed E-state index contributed by atoms with van der Waals surface area (Å²) in [7, 11) is 0. The summed E-state index contributed by atoms with van der Waals surface area (Å²) in [5, 5.41) is 0. The molecule has 0 atom stereocenters. The molecular formula is C15H20F2O. The van der Waals surface area contributed by atoms with E-state index >= 15 is 0 Å². The van der Waals surface area contributed by atoms with Gasteiger partial charge in [0.1, 0.15) is 6.29 Å². The average molecular weight is 254 g/mol. The maximum atomic E-state index is 12.9. The standard InChI is InChI=1S/C15H20F2O/c1-13(2)4-3-10(6-18)11(5-13)14-7-15(8-14,9-14)12(16)17/h6,12H,3-5,7-9H2,1-2H3. The predicted molar refractivity (Wildman–Crippen MR) is 65.4 cm³/mol. The summed E-state index contributed by atoms with van der Waals surface area (Å²) >= 11 is 0. The quantitative estimate of drug-likeness (QED) is 0.692. The SMILES string of the molecule is CC1(C)CCC(C=O)=C(C23CC(C(F)F)(C2)C3)C1. The Morgan fingerprint density at radius 2 is 1.83 bits per heavy atom. The van der Waals surface area contributed by atoms with E-state index < -0.39 is 11.8 Å². The first kappa shape index (κ1) is 12.3. The molecule has 4 aliphatic carbocycles. The summed E-state index contributed by atoms with van der Waals surface area (Å²) in [5.74, 6) is 0. The lowest BCUT2D eigenvalue weighted by molar-refractivity contribution is -0.249. The summed E-state index contributed by atoms with van der Waals surface area (Å²) in [6, 6.07) is 0. The molecule has 4 rings (SSSR count). The monoisotopic (exact) mass is 254 g/mol. The van der Waals surface area contributed by atoms with E-state index in [-0.39, 0.29) is 10.8 Å². The minimum atomic E-state index is -2.18. The largest absolute Gasteiger partial charge is 0.298 e. The number of halogens is 2. The van der Waals surface area contributed by atoms with Crippen LogP contribution >= 0.6 is 0 Å². The van der Waals surface area contributed by atoms with Gasteiger partial charge in [0.25, 0.3) is 0 Å². The molecule has 3 fully saturated rings. The number of allylic oxidation sites excluding steroid dienone is 2. The molecule has 4 aliphatic rings. The van der Waals surface area contributed by atoms with Gasteiger partial charge >= 0.3 is 0 Å². The Kier molecular flexibility index (Phi) is 2.34. The van der Waals surface area contributed by atoms with Gasteiger partial charge in [-0.25, -0.2) is 8.78 Å². The number of alkyl halides is 2. The zero-order chi connectivity index (χ0) is 13.2. The second-order valence-corrected chi connectivity index (χ2v) is 7.44. The van der Waals surface area contributed by atoms with Gasteiger partial charge in [-0.05, 0) is 54.9 Å². The van der Waals surface area contributed by atoms with Crippen molar-refractivity contribution in [2.24, 2.45) is 16.2 Å². The van der Waals surface area contributed by atoms with Gasteiger partial charge < -0.3 is 0 Å². The Morgan fingerprint density at radius 3 is 2.33 bits per heavy atom. The van der Waals surface area contributed by atoms with Crippen molar-refractivity contribution in [3.8, 4) is 0 Å². The molecule has 100 valence electrons. The molecule has 0 saturated heterocycles. The van der Waals surface area contributed by atoms with Gasteiger partial charge in [0.2, 0.25) is 6.43 Å². The molecule has 0 aromatic heterocycles. The van der Waals surface area contributed by atoms with Crippen LogP contribution in [0.4, 0.5) is 8.78 Å². The Labute approximate surface area is 107 Å². The number of aldehydes is 1. The second kappa shape index (κ2) is 3.43. The first-order valence-corrected chi connectivity index (χ1v) is 6.79. The van der Waals surface area contributed by atoms with Crippen molar-refractivity contribution in [3.63, 3.8) is 0 Å². The maximum Gasteiger partial charge on any atom is 0.244 e. The topological polar surface area (TPSA) is 17.1 Å². The van der Waals surface area contributed by atoms with Crippen molar-refractivity contribution in [1.29, 1.82) is 0 Å². The minimum absolute atomic E-state index is 0.0234. The van der Waals surface area contributed by atoms with Crippen LogP contribution in [-0.4, -0.2) is 12.7 Å². The van der Waals surface area contributed by atoms with Gasteiger partial charge in [0, 0.05) is 5.41 Å². The number of hydrogen-bond acceptors (Lipinski definition) is 1. The zero-order valence-electron chi connectivity index (χ0n) is 11.1. The second-order valence-electron chi connectivity index (χ2n) is 7.44. The van der Waals surface area contributed by atoms with Gasteiger partial charge in [0.05, 0.1) is 0 Å². The van der Waals surface area contributed by atoms with Crippen LogP contribution in [0.25, 0.3) is 0 Å². The molecule has 0 amide bonds. The fourth-order valence-corrected chi connectivity index (χ4v) is 4.38. The van der Waals surface area contributed by atoms with Gasteiger partial charge in [0.15, 0.2) is 0 Å². The summed E-state index contributed by atoms with van der Waals surface area (Å²) in [6.07, 6.45) is 3.40. The Morgan fingerprint density at radius 1 is 1.22 bits per heavy atom. The van der Waals surface area contributed by atoms with E-state index in [4.69, 9.17) is 0 Å². The molecule has 3 saturated carbocycles. The van der Waals surface area contributed by atoms with Crippen LogP contribution in [0.3, 0.4) is 0 Å². The molecule has 0 aromatic rings. The fourth-order valence-electron chi connectivity index (χ4n) is 4.38. The fraction of sp³-hybridized carbons (Fsp3) is 0.800. The van der Waals surface area contributed by atoms with Crippen molar-refractivity contribution in [3.05, 3.63) is 11.1 Å². The molecule has 0 radical (unpaired) electrons. The Hall–Kier alpha value is -0.730. The van der Waals surface area contributed by atoms with Gasteiger partial charge in [-0.15, -0.1) is 0 Å². The normalized spacial score (nSPS) is 41.4. The van der Waals surface area contributed by atoms with E-state index in [1.807, 2.05) is 0 Å². The van der Waals surface area contributed by atoms with Crippen LogP contribution < -0.4 is 0 Å². The lowest BCUT2D eigenvalue weighted by Gasteiger charge is -2.72. The molecular weight excluding hydrogens is 234 g/mol. The molecule has 1 nitrogen and oxygen atoms in total. The molecule has 2 bridgehead atoms. The first-order chi connectivity index (χ1) is 8.33. The van der Waals surface area contributed by atoms with E-state index in [0.29, 0.717) is 19.3 Å². The van der Waals surface area contributed by atoms with E-state index in [1.165, 1.54) is 5.57 Å². The predicted octanol–water partition coefficient (Wildman–Crippen LogP) is 4.13. The maximum absolute atomic E-state index is 12.9. The van der Waals surface area contributed by atoms with E-state index in [2.05, 4.69) is 13.8 Å². The van der Waals surface area contributed by atoms with Crippen LogP contribution in [0.1, 0.15) is 52.4 Å². The third kappa shape index (κ3) is 1.45. The molecule has 18 heavy (non-hydrogen) atoms. The molecule has 0 heterocycles. The number of hydrogen-bond donors (Lipinski definition) is 0. The number of rotatable bonds is 3. The number of carbonyl (C=O) groups excluding carboxylic acids is 1. The molecule has 0 spiro atoms. The van der Waals surface area contributed by atoms with Crippen molar-refractivity contribution < 1.29 is 13.6 Å². The molecule has 0 aliphatic heterocycles. The van der Waals surface area contributed by atoms with Crippen LogP contribution in [0.5, 0.6) is 0 Å². The van der Waals surface area contributed by atoms with Crippen LogP contribution in [-0.2, 0) is 4.79 Å². The average Bonchev–Trinajstić information content (AvgIpc) is 2.11. The minimum Gasteiger partial charge on any atom is -0.298 e. The van der Waals surface area contributed by atoms with Crippen LogP contribution in [0.15, 0.2) is 11.1 Å². The summed E-state index contributed by atoms with van der Waals surface area (Å²) in [6.45, 7) is 4.42. The van der Waals surface area contributed by atoms with E-state index in [0.717, 1.165) is 31.1 Å². The highest BCUT2D eigenvalue weighted by molar-refractivity contribution is 5.76. The van der Waals surface area contributed by atoms with Crippen molar-refractivity contribution in [2.45, 2.75) is 58.8 Å². The van der Waals surface area contributed by atoms with Gasteiger partial charge in [-0.3, -0.25) is 4.79 Å². The molecule has 0 aromatic carbocycles. The Bertz CT molecular complexity index is 414.